The Balaban J connectivity index is 2.22. The standard InChI is InChI=1S/C25H38O3Si2/c1-21(28-29(5,6)7)20-22(26)18-19-27-30(25(2,3)4,23-14-10-8-11-15-23)24-16-12-9-13-17-24/h8-17,22,26H,1,18-20H2,2-7H3/t22-/m1/s1. The molecule has 1 atom stereocenters. The van der Waals surface area contributed by atoms with E-state index >= 15 is 0 Å². The minimum atomic E-state index is -2.55. The van der Waals surface area contributed by atoms with Gasteiger partial charge in [-0.25, -0.2) is 0 Å². The molecule has 0 aromatic heterocycles. The molecule has 1 N–H and O–H groups in total. The molecule has 0 saturated carbocycles. The lowest BCUT2D eigenvalue weighted by molar-refractivity contribution is 0.126. The third kappa shape index (κ3) is 6.41. The summed E-state index contributed by atoms with van der Waals surface area (Å²) in [4.78, 5) is 0. The van der Waals surface area contributed by atoms with Gasteiger partial charge in [-0.15, -0.1) is 0 Å². The molecule has 0 fully saturated rings. The van der Waals surface area contributed by atoms with Crippen LogP contribution in [0.15, 0.2) is 73.0 Å². The van der Waals surface area contributed by atoms with E-state index in [2.05, 4.69) is 95.5 Å². The summed E-state index contributed by atoms with van der Waals surface area (Å²) in [5, 5.41) is 13.0. The second-order valence-corrected chi connectivity index (χ2v) is 18.6. The van der Waals surface area contributed by atoms with Gasteiger partial charge in [-0.05, 0) is 41.5 Å². The van der Waals surface area contributed by atoms with Gasteiger partial charge in [0.2, 0.25) is 8.32 Å². The summed E-state index contributed by atoms with van der Waals surface area (Å²) in [5.41, 5.74) is 0. The Morgan fingerprint density at radius 1 is 0.933 bits per heavy atom. The van der Waals surface area contributed by atoms with Gasteiger partial charge in [0.15, 0.2) is 0 Å². The normalized spacial score (nSPS) is 13.7. The Kier molecular flexibility index (Phi) is 8.28. The lowest BCUT2D eigenvalue weighted by Gasteiger charge is -2.43. The van der Waals surface area contributed by atoms with E-state index in [1.54, 1.807) is 0 Å². The lowest BCUT2D eigenvalue weighted by atomic mass is 10.2. The third-order valence-electron chi connectivity index (χ3n) is 5.10. The Bertz CT molecular complexity index is 753. The average molecular weight is 443 g/mol. The molecule has 164 valence electrons. The summed E-state index contributed by atoms with van der Waals surface area (Å²) >= 11 is 0. The van der Waals surface area contributed by atoms with Crippen LogP contribution in [0.25, 0.3) is 0 Å². The highest BCUT2D eigenvalue weighted by Gasteiger charge is 2.50. The van der Waals surface area contributed by atoms with Gasteiger partial charge in [-0.1, -0.05) is 88.0 Å². The second kappa shape index (κ2) is 10.1. The van der Waals surface area contributed by atoms with Crippen LogP contribution in [0.2, 0.25) is 24.7 Å². The predicted octanol–water partition coefficient (Wildman–Crippen LogP) is 5.07. The zero-order valence-electron chi connectivity index (χ0n) is 19.4. The molecule has 2 aromatic carbocycles. The minimum absolute atomic E-state index is 0.0643. The van der Waals surface area contributed by atoms with Crippen molar-refractivity contribution >= 4 is 27.0 Å². The molecule has 0 aliphatic heterocycles. The van der Waals surface area contributed by atoms with Crippen molar-refractivity contribution in [2.75, 3.05) is 6.61 Å². The van der Waals surface area contributed by atoms with Crippen molar-refractivity contribution in [1.82, 2.24) is 0 Å². The van der Waals surface area contributed by atoms with Gasteiger partial charge in [0, 0.05) is 13.0 Å². The third-order valence-corrected chi connectivity index (χ3v) is 11.0. The molecule has 0 amide bonds. The molecule has 0 saturated heterocycles. The topological polar surface area (TPSA) is 38.7 Å². The zero-order chi connectivity index (χ0) is 22.4. The van der Waals surface area contributed by atoms with Crippen molar-refractivity contribution in [3.05, 3.63) is 73.0 Å². The Morgan fingerprint density at radius 2 is 1.40 bits per heavy atom. The summed E-state index contributed by atoms with van der Waals surface area (Å²) < 4.78 is 12.7. The van der Waals surface area contributed by atoms with E-state index in [-0.39, 0.29) is 5.04 Å². The molecule has 0 radical (unpaired) electrons. The van der Waals surface area contributed by atoms with Crippen molar-refractivity contribution < 1.29 is 14.0 Å². The van der Waals surface area contributed by atoms with Crippen LogP contribution in [-0.4, -0.2) is 34.5 Å². The van der Waals surface area contributed by atoms with Crippen LogP contribution in [0.1, 0.15) is 33.6 Å². The zero-order valence-corrected chi connectivity index (χ0v) is 21.4. The maximum atomic E-state index is 10.6. The molecular formula is C25H38O3Si2. The fraction of sp³-hybridized carbons (Fsp3) is 0.440. The van der Waals surface area contributed by atoms with Gasteiger partial charge >= 0.3 is 0 Å². The fourth-order valence-corrected chi connectivity index (χ4v) is 9.48. The first kappa shape index (κ1) is 24.6. The molecule has 2 rings (SSSR count). The van der Waals surface area contributed by atoms with E-state index in [0.29, 0.717) is 25.2 Å². The van der Waals surface area contributed by atoms with Gasteiger partial charge in [-0.3, -0.25) is 0 Å². The maximum absolute atomic E-state index is 10.6. The largest absolute Gasteiger partial charge is 0.548 e. The van der Waals surface area contributed by atoms with Crippen LogP contribution in [0.4, 0.5) is 0 Å². The van der Waals surface area contributed by atoms with Crippen LogP contribution < -0.4 is 10.4 Å². The van der Waals surface area contributed by atoms with Crippen molar-refractivity contribution in [3.63, 3.8) is 0 Å². The number of aliphatic hydroxyl groups excluding tert-OH is 1. The number of aliphatic hydroxyl groups is 1. The first-order chi connectivity index (χ1) is 14.0. The monoisotopic (exact) mass is 442 g/mol. The molecule has 3 nitrogen and oxygen atoms in total. The molecule has 2 aromatic rings. The SMILES string of the molecule is C=C(C[C@H](O)CCO[Si](c1ccccc1)(c1ccccc1)C(C)(C)C)O[Si](C)(C)C. The fourth-order valence-electron chi connectivity index (χ4n) is 3.95. The van der Waals surface area contributed by atoms with Crippen LogP contribution in [0, 0.1) is 0 Å². The van der Waals surface area contributed by atoms with Gasteiger partial charge in [0.05, 0.1) is 11.9 Å². The van der Waals surface area contributed by atoms with E-state index in [1.165, 1.54) is 10.4 Å². The highest BCUT2D eigenvalue weighted by atomic mass is 28.4. The molecule has 0 spiro atoms. The van der Waals surface area contributed by atoms with Crippen molar-refractivity contribution in [2.24, 2.45) is 0 Å². The highest BCUT2D eigenvalue weighted by Crippen LogP contribution is 2.36. The number of hydrogen-bond acceptors (Lipinski definition) is 3. The number of hydrogen-bond donors (Lipinski definition) is 1. The van der Waals surface area contributed by atoms with Gasteiger partial charge in [-0.2, -0.15) is 0 Å². The maximum Gasteiger partial charge on any atom is 0.261 e. The first-order valence-corrected chi connectivity index (χ1v) is 16.1. The predicted molar refractivity (Wildman–Crippen MR) is 132 cm³/mol. The van der Waals surface area contributed by atoms with Crippen LogP contribution in [0.5, 0.6) is 0 Å². The van der Waals surface area contributed by atoms with Gasteiger partial charge in [0.1, 0.15) is 0 Å². The average Bonchev–Trinajstić information content (AvgIpc) is 2.64. The first-order valence-electron chi connectivity index (χ1n) is 10.8. The Labute approximate surface area is 185 Å². The smallest absolute Gasteiger partial charge is 0.261 e. The van der Waals surface area contributed by atoms with E-state index in [1.807, 2.05) is 12.1 Å². The van der Waals surface area contributed by atoms with Gasteiger partial charge in [0.25, 0.3) is 8.32 Å². The number of benzene rings is 2. The molecule has 0 heterocycles. The molecule has 0 aliphatic rings. The lowest BCUT2D eigenvalue weighted by Crippen LogP contribution is -2.66. The van der Waals surface area contributed by atoms with Gasteiger partial charge < -0.3 is 14.0 Å². The summed E-state index contributed by atoms with van der Waals surface area (Å²) in [6, 6.07) is 21.2. The molecule has 0 aliphatic carbocycles. The summed E-state index contributed by atoms with van der Waals surface area (Å²) in [6.07, 6.45) is 0.486. The van der Waals surface area contributed by atoms with E-state index in [4.69, 9.17) is 8.85 Å². The molecule has 0 bridgehead atoms. The summed E-state index contributed by atoms with van der Waals surface area (Å²) in [5.74, 6) is 0.673. The molecular weight excluding hydrogens is 404 g/mol. The summed E-state index contributed by atoms with van der Waals surface area (Å²) in [7, 11) is -4.25. The van der Waals surface area contributed by atoms with E-state index in [0.717, 1.165) is 0 Å². The Hall–Kier alpha value is -1.67. The minimum Gasteiger partial charge on any atom is -0.548 e. The van der Waals surface area contributed by atoms with Crippen molar-refractivity contribution in [1.29, 1.82) is 0 Å². The molecule has 5 heteroatoms. The van der Waals surface area contributed by atoms with Crippen LogP contribution in [-0.2, 0) is 8.85 Å². The highest BCUT2D eigenvalue weighted by molar-refractivity contribution is 6.99. The molecule has 30 heavy (non-hydrogen) atoms. The summed E-state index contributed by atoms with van der Waals surface area (Å²) in [6.45, 7) is 17.6. The van der Waals surface area contributed by atoms with E-state index in [9.17, 15) is 5.11 Å². The quantitative estimate of drug-likeness (QED) is 0.412. The van der Waals surface area contributed by atoms with E-state index < -0.39 is 22.7 Å². The van der Waals surface area contributed by atoms with Crippen molar-refractivity contribution in [3.8, 4) is 0 Å². The Morgan fingerprint density at radius 3 is 1.80 bits per heavy atom. The number of rotatable bonds is 10. The molecule has 0 unspecified atom stereocenters. The van der Waals surface area contributed by atoms with Crippen LogP contribution in [0.3, 0.4) is 0 Å². The van der Waals surface area contributed by atoms with Crippen molar-refractivity contribution in [2.45, 2.75) is 64.4 Å². The van der Waals surface area contributed by atoms with Crippen LogP contribution >= 0.6 is 0 Å². The second-order valence-electron chi connectivity index (χ2n) is 9.91.